The largest absolute Gasteiger partial charge is 0.492 e. The summed E-state index contributed by atoms with van der Waals surface area (Å²) in [5.41, 5.74) is 1.54. The Labute approximate surface area is 175 Å². The van der Waals surface area contributed by atoms with Crippen LogP contribution in [0.5, 0.6) is 5.75 Å². The summed E-state index contributed by atoms with van der Waals surface area (Å²) >= 11 is 0. The van der Waals surface area contributed by atoms with E-state index in [-0.39, 0.29) is 30.2 Å². The molecule has 0 bridgehead atoms. The van der Waals surface area contributed by atoms with E-state index >= 15 is 0 Å². The topological polar surface area (TPSA) is 59.1 Å². The highest BCUT2D eigenvalue weighted by molar-refractivity contribution is 6.01. The highest BCUT2D eigenvalue weighted by Crippen LogP contribution is 2.34. The SMILES string of the molecule is CCOc1ccccc1N1CC(C(=O)N2CCOC(c3ccc(F)cc3)C2)CC1=O. The van der Waals surface area contributed by atoms with E-state index in [4.69, 9.17) is 9.47 Å². The van der Waals surface area contributed by atoms with Gasteiger partial charge in [-0.15, -0.1) is 0 Å². The van der Waals surface area contributed by atoms with Crippen LogP contribution in [0.1, 0.15) is 25.0 Å². The van der Waals surface area contributed by atoms with Crippen molar-refractivity contribution in [3.63, 3.8) is 0 Å². The molecular weight excluding hydrogens is 387 g/mol. The van der Waals surface area contributed by atoms with Gasteiger partial charge >= 0.3 is 0 Å². The van der Waals surface area contributed by atoms with Crippen molar-refractivity contribution in [2.24, 2.45) is 5.92 Å². The van der Waals surface area contributed by atoms with Crippen molar-refractivity contribution in [1.82, 2.24) is 4.90 Å². The van der Waals surface area contributed by atoms with Crippen molar-refractivity contribution in [3.8, 4) is 5.75 Å². The molecule has 6 nitrogen and oxygen atoms in total. The summed E-state index contributed by atoms with van der Waals surface area (Å²) in [4.78, 5) is 29.3. The molecule has 0 radical (unpaired) electrons. The molecule has 2 amide bonds. The molecule has 2 fully saturated rings. The maximum atomic E-state index is 13.2. The van der Waals surface area contributed by atoms with Gasteiger partial charge in [0.05, 0.1) is 31.4 Å². The van der Waals surface area contributed by atoms with Crippen LogP contribution in [0, 0.1) is 11.7 Å². The van der Waals surface area contributed by atoms with Gasteiger partial charge in [0.15, 0.2) is 0 Å². The van der Waals surface area contributed by atoms with Crippen molar-refractivity contribution in [1.29, 1.82) is 0 Å². The molecule has 0 aromatic heterocycles. The number of benzene rings is 2. The lowest BCUT2D eigenvalue weighted by Gasteiger charge is -2.34. The Hall–Kier alpha value is -2.93. The first-order chi connectivity index (χ1) is 14.6. The molecule has 0 N–H and O–H groups in total. The van der Waals surface area contributed by atoms with Gasteiger partial charge in [-0.25, -0.2) is 4.39 Å². The predicted octanol–water partition coefficient (Wildman–Crippen LogP) is 3.18. The molecule has 2 aliphatic rings. The van der Waals surface area contributed by atoms with Crippen molar-refractivity contribution in [2.75, 3.05) is 37.7 Å². The number of hydrogen-bond acceptors (Lipinski definition) is 4. The normalized spacial score (nSPS) is 21.7. The number of halogens is 1. The predicted molar refractivity (Wildman–Crippen MR) is 110 cm³/mol. The zero-order valence-corrected chi connectivity index (χ0v) is 16.9. The maximum Gasteiger partial charge on any atom is 0.228 e. The molecule has 2 aromatic rings. The van der Waals surface area contributed by atoms with Crippen LogP contribution >= 0.6 is 0 Å². The van der Waals surface area contributed by atoms with Gasteiger partial charge in [0, 0.05) is 19.5 Å². The quantitative estimate of drug-likeness (QED) is 0.757. The number of para-hydroxylation sites is 2. The number of carbonyl (C=O) groups is 2. The zero-order valence-electron chi connectivity index (χ0n) is 16.9. The number of hydrogen-bond donors (Lipinski definition) is 0. The number of morpholine rings is 1. The molecule has 2 saturated heterocycles. The average Bonchev–Trinajstić information content (AvgIpc) is 3.16. The summed E-state index contributed by atoms with van der Waals surface area (Å²) < 4.78 is 24.6. The molecule has 2 aromatic carbocycles. The lowest BCUT2D eigenvalue weighted by Crippen LogP contribution is -2.45. The van der Waals surface area contributed by atoms with Crippen LogP contribution < -0.4 is 9.64 Å². The Bertz CT molecular complexity index is 918. The second-order valence-electron chi connectivity index (χ2n) is 7.50. The highest BCUT2D eigenvalue weighted by atomic mass is 19.1. The fraction of sp³-hybridized carbons (Fsp3) is 0.391. The minimum absolute atomic E-state index is 0.0462. The molecule has 2 heterocycles. The van der Waals surface area contributed by atoms with E-state index in [0.717, 1.165) is 5.56 Å². The first-order valence-electron chi connectivity index (χ1n) is 10.2. The fourth-order valence-electron chi connectivity index (χ4n) is 4.05. The van der Waals surface area contributed by atoms with Crippen molar-refractivity contribution in [3.05, 3.63) is 59.9 Å². The van der Waals surface area contributed by atoms with Crippen molar-refractivity contribution >= 4 is 17.5 Å². The number of ether oxygens (including phenoxy) is 2. The molecule has 2 atom stereocenters. The monoisotopic (exact) mass is 412 g/mol. The summed E-state index contributed by atoms with van der Waals surface area (Å²) in [6.07, 6.45) is -0.118. The summed E-state index contributed by atoms with van der Waals surface area (Å²) in [5.74, 6) is -0.193. The van der Waals surface area contributed by atoms with Gasteiger partial charge in [0.2, 0.25) is 11.8 Å². The minimum Gasteiger partial charge on any atom is -0.492 e. The standard InChI is InChI=1S/C23H25FN2O4/c1-2-29-20-6-4-3-5-19(20)26-14-17(13-22(26)27)23(28)25-11-12-30-21(15-25)16-7-9-18(24)10-8-16/h3-10,17,21H,2,11-15H2,1H3. The minimum atomic E-state index is -0.404. The molecular formula is C23H25FN2O4. The van der Waals surface area contributed by atoms with Gasteiger partial charge in [-0.2, -0.15) is 0 Å². The summed E-state index contributed by atoms with van der Waals surface area (Å²) in [7, 11) is 0. The Morgan fingerprint density at radius 2 is 1.93 bits per heavy atom. The van der Waals surface area contributed by atoms with Crippen molar-refractivity contribution < 1.29 is 23.5 Å². The maximum absolute atomic E-state index is 13.2. The third kappa shape index (κ3) is 4.16. The van der Waals surface area contributed by atoms with E-state index in [1.54, 1.807) is 21.9 Å². The van der Waals surface area contributed by atoms with E-state index < -0.39 is 5.92 Å². The second-order valence-corrected chi connectivity index (χ2v) is 7.50. The summed E-state index contributed by atoms with van der Waals surface area (Å²) in [5, 5.41) is 0. The van der Waals surface area contributed by atoms with Crippen LogP contribution in [0.4, 0.5) is 10.1 Å². The first kappa shape index (κ1) is 20.3. The van der Waals surface area contributed by atoms with Crippen LogP contribution in [0.2, 0.25) is 0 Å². The molecule has 0 aliphatic carbocycles. The molecule has 158 valence electrons. The van der Waals surface area contributed by atoms with Crippen LogP contribution in [0.3, 0.4) is 0 Å². The second kappa shape index (κ2) is 8.83. The fourth-order valence-corrected chi connectivity index (χ4v) is 4.05. The van der Waals surface area contributed by atoms with Crippen LogP contribution in [0.15, 0.2) is 48.5 Å². The molecule has 4 rings (SSSR count). The third-order valence-electron chi connectivity index (χ3n) is 5.55. The lowest BCUT2D eigenvalue weighted by atomic mass is 10.0. The molecule has 2 unspecified atom stereocenters. The van der Waals surface area contributed by atoms with Crippen molar-refractivity contribution in [2.45, 2.75) is 19.4 Å². The third-order valence-corrected chi connectivity index (χ3v) is 5.55. The zero-order chi connectivity index (χ0) is 21.1. The van der Waals surface area contributed by atoms with Gasteiger partial charge < -0.3 is 19.3 Å². The van der Waals surface area contributed by atoms with Gasteiger partial charge in [-0.1, -0.05) is 24.3 Å². The highest BCUT2D eigenvalue weighted by Gasteiger charge is 2.39. The van der Waals surface area contributed by atoms with E-state index in [0.29, 0.717) is 44.3 Å². The van der Waals surface area contributed by atoms with Crippen LogP contribution in [0.25, 0.3) is 0 Å². The van der Waals surface area contributed by atoms with Crippen LogP contribution in [-0.4, -0.2) is 49.6 Å². The number of anilines is 1. The number of nitrogens with zero attached hydrogens (tertiary/aromatic N) is 2. The van der Waals surface area contributed by atoms with Gasteiger partial charge in [0.1, 0.15) is 17.7 Å². The first-order valence-corrected chi connectivity index (χ1v) is 10.2. The number of carbonyl (C=O) groups excluding carboxylic acids is 2. The Morgan fingerprint density at radius 3 is 2.70 bits per heavy atom. The Kier molecular flexibility index (Phi) is 5.99. The van der Waals surface area contributed by atoms with E-state index in [1.807, 2.05) is 31.2 Å². The molecule has 7 heteroatoms. The Morgan fingerprint density at radius 1 is 1.17 bits per heavy atom. The average molecular weight is 412 g/mol. The van der Waals surface area contributed by atoms with Gasteiger partial charge in [-0.05, 0) is 36.8 Å². The smallest absolute Gasteiger partial charge is 0.228 e. The lowest BCUT2D eigenvalue weighted by molar-refractivity contribution is -0.143. The number of rotatable bonds is 5. The van der Waals surface area contributed by atoms with E-state index in [9.17, 15) is 14.0 Å². The summed E-state index contributed by atoms with van der Waals surface area (Å²) in [6, 6.07) is 13.5. The van der Waals surface area contributed by atoms with E-state index in [1.165, 1.54) is 12.1 Å². The molecule has 2 aliphatic heterocycles. The number of amides is 2. The summed E-state index contributed by atoms with van der Waals surface area (Å²) in [6.45, 7) is 4.01. The van der Waals surface area contributed by atoms with Crippen LogP contribution in [-0.2, 0) is 14.3 Å². The van der Waals surface area contributed by atoms with E-state index in [2.05, 4.69) is 0 Å². The molecule has 30 heavy (non-hydrogen) atoms. The molecule has 0 spiro atoms. The van der Waals surface area contributed by atoms with Gasteiger partial charge in [-0.3, -0.25) is 9.59 Å². The Balaban J connectivity index is 1.45. The molecule has 0 saturated carbocycles. The van der Waals surface area contributed by atoms with Gasteiger partial charge in [0.25, 0.3) is 0 Å².